The average molecular weight is 430 g/mol. The van der Waals surface area contributed by atoms with Crippen LogP contribution >= 0.6 is 0 Å². The third-order valence-electron chi connectivity index (χ3n) is 5.36. The van der Waals surface area contributed by atoms with E-state index in [4.69, 9.17) is 4.98 Å². The van der Waals surface area contributed by atoms with Crippen molar-refractivity contribution in [1.82, 2.24) is 9.88 Å². The van der Waals surface area contributed by atoms with Crippen molar-refractivity contribution in [3.8, 4) is 39.6 Å². The number of phenolic OH excluding ortho intramolecular Hbond substituents is 3. The standard InChI is InChI=1S/C26H27N3O3/c1-29(2)15-3-14-27-26-23-16-21(32)12-13-22(23)24(17-4-8-19(30)9-5-17)25(28-26)18-6-10-20(31)11-7-18/h4-13,16,30-32H,3,14-15H2,1-2H3,(H,27,28). The summed E-state index contributed by atoms with van der Waals surface area (Å²) in [6.45, 7) is 1.69. The fourth-order valence-electron chi connectivity index (χ4n) is 3.79. The van der Waals surface area contributed by atoms with Crippen LogP contribution in [0, 0.1) is 0 Å². The lowest BCUT2D eigenvalue weighted by Crippen LogP contribution is -2.16. The lowest BCUT2D eigenvalue weighted by atomic mass is 9.93. The van der Waals surface area contributed by atoms with Gasteiger partial charge in [0, 0.05) is 23.1 Å². The van der Waals surface area contributed by atoms with E-state index >= 15 is 0 Å². The minimum absolute atomic E-state index is 0.171. The van der Waals surface area contributed by atoms with Gasteiger partial charge in [0.05, 0.1) is 5.69 Å². The van der Waals surface area contributed by atoms with Gasteiger partial charge in [-0.15, -0.1) is 0 Å². The molecule has 0 spiro atoms. The van der Waals surface area contributed by atoms with Gasteiger partial charge in [-0.1, -0.05) is 12.1 Å². The molecule has 0 unspecified atom stereocenters. The van der Waals surface area contributed by atoms with Crippen LogP contribution in [0.5, 0.6) is 17.2 Å². The molecule has 0 aliphatic carbocycles. The number of anilines is 1. The first-order valence-electron chi connectivity index (χ1n) is 10.6. The smallest absolute Gasteiger partial charge is 0.134 e. The van der Waals surface area contributed by atoms with Crippen LogP contribution in [-0.4, -0.2) is 52.4 Å². The highest BCUT2D eigenvalue weighted by atomic mass is 16.3. The minimum atomic E-state index is 0.171. The number of nitrogens with zero attached hydrogens (tertiary/aromatic N) is 2. The first kappa shape index (κ1) is 21.5. The molecule has 0 saturated carbocycles. The molecule has 1 heterocycles. The summed E-state index contributed by atoms with van der Waals surface area (Å²) in [5.74, 6) is 1.24. The number of benzene rings is 3. The van der Waals surface area contributed by atoms with Crippen molar-refractivity contribution in [3.63, 3.8) is 0 Å². The Kier molecular flexibility index (Phi) is 6.14. The van der Waals surface area contributed by atoms with Gasteiger partial charge in [0.1, 0.15) is 23.1 Å². The quantitative estimate of drug-likeness (QED) is 0.308. The fraction of sp³-hybridized carbons (Fsp3) is 0.192. The van der Waals surface area contributed by atoms with Crippen LogP contribution in [0.3, 0.4) is 0 Å². The Morgan fingerprint density at radius 2 is 1.34 bits per heavy atom. The van der Waals surface area contributed by atoms with E-state index in [1.165, 1.54) is 0 Å². The van der Waals surface area contributed by atoms with E-state index in [-0.39, 0.29) is 17.2 Å². The van der Waals surface area contributed by atoms with E-state index in [2.05, 4.69) is 10.2 Å². The van der Waals surface area contributed by atoms with Crippen LogP contribution in [0.15, 0.2) is 66.7 Å². The Morgan fingerprint density at radius 1 is 0.750 bits per heavy atom. The molecule has 0 aliphatic heterocycles. The predicted octanol–water partition coefficient (Wildman–Crippen LogP) is 5.05. The molecule has 4 N–H and O–H groups in total. The maximum atomic E-state index is 10.2. The Balaban J connectivity index is 1.92. The maximum absolute atomic E-state index is 10.2. The predicted molar refractivity (Wildman–Crippen MR) is 129 cm³/mol. The first-order valence-corrected chi connectivity index (χ1v) is 10.6. The van der Waals surface area contributed by atoms with Crippen molar-refractivity contribution in [2.45, 2.75) is 6.42 Å². The van der Waals surface area contributed by atoms with E-state index in [1.807, 2.05) is 44.4 Å². The second kappa shape index (κ2) is 9.16. The summed E-state index contributed by atoms with van der Waals surface area (Å²) < 4.78 is 0. The summed E-state index contributed by atoms with van der Waals surface area (Å²) in [5, 5.41) is 34.9. The molecule has 0 amide bonds. The molecule has 4 aromatic rings. The largest absolute Gasteiger partial charge is 0.508 e. The third kappa shape index (κ3) is 4.60. The van der Waals surface area contributed by atoms with Crippen molar-refractivity contribution >= 4 is 16.6 Å². The molecule has 0 atom stereocenters. The fourth-order valence-corrected chi connectivity index (χ4v) is 3.79. The van der Waals surface area contributed by atoms with Gasteiger partial charge in [-0.3, -0.25) is 0 Å². The number of nitrogens with one attached hydrogen (secondary N) is 1. The van der Waals surface area contributed by atoms with Crippen molar-refractivity contribution in [2.24, 2.45) is 0 Å². The summed E-state index contributed by atoms with van der Waals surface area (Å²) in [6.07, 6.45) is 0.948. The van der Waals surface area contributed by atoms with E-state index in [0.29, 0.717) is 5.82 Å². The molecule has 6 heteroatoms. The summed E-state index contributed by atoms with van der Waals surface area (Å²) in [5.41, 5.74) is 3.40. The molecule has 0 radical (unpaired) electrons. The van der Waals surface area contributed by atoms with Crippen LogP contribution < -0.4 is 5.32 Å². The molecule has 164 valence electrons. The summed E-state index contributed by atoms with van der Waals surface area (Å²) in [6, 6.07) is 19.2. The molecule has 4 rings (SSSR count). The van der Waals surface area contributed by atoms with Crippen molar-refractivity contribution in [2.75, 3.05) is 32.5 Å². The SMILES string of the molecule is CN(C)CCCNc1nc(-c2ccc(O)cc2)c(-c2ccc(O)cc2)c2ccc(O)cc12. The molecule has 3 aromatic carbocycles. The van der Waals surface area contributed by atoms with Gasteiger partial charge in [-0.2, -0.15) is 0 Å². The van der Waals surface area contributed by atoms with Crippen LogP contribution in [0.2, 0.25) is 0 Å². The lowest BCUT2D eigenvalue weighted by molar-refractivity contribution is 0.405. The summed E-state index contributed by atoms with van der Waals surface area (Å²) >= 11 is 0. The number of pyridine rings is 1. The Hall–Kier alpha value is -3.77. The zero-order chi connectivity index (χ0) is 22.7. The topological polar surface area (TPSA) is 88.9 Å². The average Bonchev–Trinajstić information content (AvgIpc) is 2.77. The van der Waals surface area contributed by atoms with Crippen LogP contribution in [0.1, 0.15) is 6.42 Å². The highest BCUT2D eigenvalue weighted by molar-refractivity contribution is 6.07. The van der Waals surface area contributed by atoms with E-state index in [9.17, 15) is 15.3 Å². The van der Waals surface area contributed by atoms with Gasteiger partial charge in [0.15, 0.2) is 0 Å². The molecular formula is C26H27N3O3. The van der Waals surface area contributed by atoms with Crippen molar-refractivity contribution in [3.05, 3.63) is 66.7 Å². The van der Waals surface area contributed by atoms with Crippen LogP contribution in [0.25, 0.3) is 33.2 Å². The minimum Gasteiger partial charge on any atom is -0.508 e. The normalized spacial score (nSPS) is 11.2. The van der Waals surface area contributed by atoms with Gasteiger partial charge >= 0.3 is 0 Å². The maximum Gasteiger partial charge on any atom is 0.134 e. The lowest BCUT2D eigenvalue weighted by Gasteiger charge is -2.18. The van der Waals surface area contributed by atoms with Gasteiger partial charge in [-0.05, 0) is 92.6 Å². The van der Waals surface area contributed by atoms with Gasteiger partial charge in [-0.25, -0.2) is 4.98 Å². The zero-order valence-corrected chi connectivity index (χ0v) is 18.2. The second-order valence-corrected chi connectivity index (χ2v) is 8.09. The third-order valence-corrected chi connectivity index (χ3v) is 5.36. The van der Waals surface area contributed by atoms with Gasteiger partial charge < -0.3 is 25.5 Å². The van der Waals surface area contributed by atoms with Crippen molar-refractivity contribution in [1.29, 1.82) is 0 Å². The molecule has 32 heavy (non-hydrogen) atoms. The van der Waals surface area contributed by atoms with Gasteiger partial charge in [0.2, 0.25) is 0 Å². The molecule has 0 fully saturated rings. The Labute approximate surface area is 187 Å². The first-order chi connectivity index (χ1) is 15.4. The number of hydrogen-bond donors (Lipinski definition) is 4. The van der Waals surface area contributed by atoms with Crippen LogP contribution in [-0.2, 0) is 0 Å². The highest BCUT2D eigenvalue weighted by Crippen LogP contribution is 2.41. The molecule has 1 aromatic heterocycles. The molecule has 0 saturated heterocycles. The van der Waals surface area contributed by atoms with E-state index in [1.54, 1.807) is 36.4 Å². The summed E-state index contributed by atoms with van der Waals surface area (Å²) in [7, 11) is 4.09. The summed E-state index contributed by atoms with van der Waals surface area (Å²) in [4.78, 5) is 7.11. The molecule has 0 aliphatic rings. The van der Waals surface area contributed by atoms with E-state index in [0.717, 1.165) is 52.7 Å². The molecular weight excluding hydrogens is 402 g/mol. The molecule has 0 bridgehead atoms. The van der Waals surface area contributed by atoms with Crippen LogP contribution in [0.4, 0.5) is 5.82 Å². The number of hydrogen-bond acceptors (Lipinski definition) is 6. The zero-order valence-electron chi connectivity index (χ0n) is 18.2. The number of fused-ring (bicyclic) bond motifs is 1. The van der Waals surface area contributed by atoms with Crippen molar-refractivity contribution < 1.29 is 15.3 Å². The monoisotopic (exact) mass is 429 g/mol. The van der Waals surface area contributed by atoms with Gasteiger partial charge in [0.25, 0.3) is 0 Å². The Morgan fingerprint density at radius 3 is 1.97 bits per heavy atom. The number of aromatic hydroxyl groups is 3. The van der Waals surface area contributed by atoms with E-state index < -0.39 is 0 Å². The molecule has 6 nitrogen and oxygen atoms in total. The highest BCUT2D eigenvalue weighted by Gasteiger charge is 2.18. The number of aromatic nitrogens is 1. The number of rotatable bonds is 7. The second-order valence-electron chi connectivity index (χ2n) is 8.09. The number of phenols is 3. The Bertz CT molecular complexity index is 1220.